The molecule has 0 aliphatic carbocycles. The molecule has 1 amide bonds. The maximum atomic E-state index is 13.7. The summed E-state index contributed by atoms with van der Waals surface area (Å²) in [5.74, 6) is 0.894. The number of fused-ring (bicyclic) bond motifs is 3. The summed E-state index contributed by atoms with van der Waals surface area (Å²) >= 11 is 0. The zero-order valence-electron chi connectivity index (χ0n) is 21.1. The largest absolute Gasteiger partial charge is 0.497 e. The maximum absolute atomic E-state index is 13.7. The number of benzene rings is 3. The molecule has 0 aliphatic rings. The van der Waals surface area contributed by atoms with E-state index in [1.807, 2.05) is 67.7 Å². The highest BCUT2D eigenvalue weighted by Crippen LogP contribution is 2.32. The topological polar surface area (TPSA) is 100 Å². The van der Waals surface area contributed by atoms with Gasteiger partial charge >= 0.3 is 0 Å². The number of carbonyl (C=O) groups is 1. The van der Waals surface area contributed by atoms with Gasteiger partial charge in [-0.05, 0) is 67.4 Å². The molecule has 190 valence electrons. The molecule has 1 unspecified atom stereocenters. The smallest absolute Gasteiger partial charge is 0.252 e. The van der Waals surface area contributed by atoms with Crippen molar-refractivity contribution in [3.05, 3.63) is 95.7 Å². The predicted octanol–water partition coefficient (Wildman–Crippen LogP) is 5.78. The highest BCUT2D eigenvalue weighted by atomic mass is 16.5. The number of amides is 1. The minimum atomic E-state index is -0.479. The molecule has 0 saturated carbocycles. The van der Waals surface area contributed by atoms with Gasteiger partial charge in [0.25, 0.3) is 5.91 Å². The lowest BCUT2D eigenvalue weighted by molar-refractivity contribution is 0.0918. The zero-order chi connectivity index (χ0) is 26.2. The summed E-state index contributed by atoms with van der Waals surface area (Å²) in [6, 6.07) is 22.6. The molecule has 7 heteroatoms. The SMILES string of the molecule is COc1ccc2nc(-c3cc4cc(C)ccc4o3)cc(C(=O)NC(CO)Cc3c[nH]c4ccccc34)c2c1. The number of para-hydroxylation sites is 1. The Labute approximate surface area is 219 Å². The lowest BCUT2D eigenvalue weighted by Crippen LogP contribution is -2.39. The van der Waals surface area contributed by atoms with Crippen molar-refractivity contribution in [2.24, 2.45) is 0 Å². The number of hydrogen-bond acceptors (Lipinski definition) is 5. The van der Waals surface area contributed by atoms with E-state index in [-0.39, 0.29) is 12.5 Å². The van der Waals surface area contributed by atoms with E-state index in [2.05, 4.69) is 16.4 Å². The van der Waals surface area contributed by atoms with Crippen LogP contribution in [0.1, 0.15) is 21.5 Å². The predicted molar refractivity (Wildman–Crippen MR) is 149 cm³/mol. The molecule has 6 aromatic rings. The fourth-order valence-electron chi connectivity index (χ4n) is 4.93. The summed E-state index contributed by atoms with van der Waals surface area (Å²) in [6.45, 7) is 1.83. The second kappa shape index (κ2) is 9.68. The number of aryl methyl sites for hydroxylation is 1. The first-order valence-corrected chi connectivity index (χ1v) is 12.5. The summed E-state index contributed by atoms with van der Waals surface area (Å²) < 4.78 is 11.5. The van der Waals surface area contributed by atoms with Crippen LogP contribution in [0.15, 0.2) is 83.4 Å². The Morgan fingerprint density at radius 1 is 1.08 bits per heavy atom. The average molecular weight is 506 g/mol. The van der Waals surface area contributed by atoms with Crippen LogP contribution in [0.25, 0.3) is 44.2 Å². The van der Waals surface area contributed by atoms with E-state index in [9.17, 15) is 9.90 Å². The Morgan fingerprint density at radius 2 is 1.95 bits per heavy atom. The van der Waals surface area contributed by atoms with Crippen molar-refractivity contribution in [1.29, 1.82) is 0 Å². The molecule has 0 aliphatic heterocycles. The van der Waals surface area contributed by atoms with Gasteiger partial charge in [0.15, 0.2) is 5.76 Å². The number of furan rings is 1. The number of nitrogens with one attached hydrogen (secondary N) is 2. The van der Waals surface area contributed by atoms with Gasteiger partial charge in [0.05, 0.1) is 30.8 Å². The third-order valence-electron chi connectivity index (χ3n) is 6.88. The third kappa shape index (κ3) is 4.37. The number of carbonyl (C=O) groups excluding carboxylic acids is 1. The number of ether oxygens (including phenoxy) is 1. The number of H-pyrrole nitrogens is 1. The molecule has 0 saturated heterocycles. The first kappa shape index (κ1) is 23.8. The number of aliphatic hydroxyl groups excluding tert-OH is 1. The monoisotopic (exact) mass is 505 g/mol. The average Bonchev–Trinajstić information content (AvgIpc) is 3.55. The van der Waals surface area contributed by atoms with Crippen LogP contribution in [-0.2, 0) is 6.42 Å². The number of aromatic nitrogens is 2. The van der Waals surface area contributed by atoms with Gasteiger partial charge in [-0.15, -0.1) is 0 Å². The van der Waals surface area contributed by atoms with Crippen molar-refractivity contribution in [2.45, 2.75) is 19.4 Å². The molecule has 0 fully saturated rings. The first-order chi connectivity index (χ1) is 18.5. The highest BCUT2D eigenvalue weighted by molar-refractivity contribution is 6.07. The lowest BCUT2D eigenvalue weighted by atomic mass is 10.0. The molecule has 38 heavy (non-hydrogen) atoms. The Balaban J connectivity index is 1.38. The standard InChI is InChI=1S/C31H27N3O4/c1-18-7-10-29-19(11-18)13-30(38-29)28-15-25(24-14-22(37-2)8-9-27(24)34-28)31(36)33-21(17-35)12-20-16-32-26-6-4-3-5-23(20)26/h3-11,13-16,21,32,35H,12,17H2,1-2H3,(H,33,36). The van der Waals surface area contributed by atoms with E-state index in [0.29, 0.717) is 40.1 Å². The Kier molecular flexibility index (Phi) is 6.05. The summed E-state index contributed by atoms with van der Waals surface area (Å²) in [5.41, 5.74) is 5.56. The van der Waals surface area contributed by atoms with E-state index in [1.165, 1.54) is 0 Å². The number of nitrogens with zero attached hydrogens (tertiary/aromatic N) is 1. The van der Waals surface area contributed by atoms with Crippen LogP contribution in [0.3, 0.4) is 0 Å². The fourth-order valence-corrected chi connectivity index (χ4v) is 4.93. The molecule has 0 spiro atoms. The van der Waals surface area contributed by atoms with Crippen LogP contribution in [0.5, 0.6) is 5.75 Å². The summed E-state index contributed by atoms with van der Waals surface area (Å²) in [5, 5.41) is 15.9. The van der Waals surface area contributed by atoms with Crippen LogP contribution >= 0.6 is 0 Å². The summed E-state index contributed by atoms with van der Waals surface area (Å²) in [4.78, 5) is 21.7. The van der Waals surface area contributed by atoms with E-state index in [0.717, 1.165) is 33.0 Å². The van der Waals surface area contributed by atoms with Crippen molar-refractivity contribution in [3.63, 3.8) is 0 Å². The molecule has 0 bridgehead atoms. The van der Waals surface area contributed by atoms with Gasteiger partial charge in [0.1, 0.15) is 17.0 Å². The molecule has 6 rings (SSSR count). The van der Waals surface area contributed by atoms with Gasteiger partial charge in [-0.3, -0.25) is 4.79 Å². The number of methoxy groups -OCH3 is 1. The van der Waals surface area contributed by atoms with Crippen molar-refractivity contribution in [2.75, 3.05) is 13.7 Å². The number of pyridine rings is 1. The number of aliphatic hydroxyl groups is 1. The third-order valence-corrected chi connectivity index (χ3v) is 6.88. The van der Waals surface area contributed by atoms with E-state index < -0.39 is 6.04 Å². The maximum Gasteiger partial charge on any atom is 0.252 e. The molecule has 0 radical (unpaired) electrons. The molecule has 3 aromatic heterocycles. The van der Waals surface area contributed by atoms with E-state index in [4.69, 9.17) is 14.1 Å². The minimum Gasteiger partial charge on any atom is -0.497 e. The lowest BCUT2D eigenvalue weighted by Gasteiger charge is -2.17. The Hall–Kier alpha value is -4.62. The highest BCUT2D eigenvalue weighted by Gasteiger charge is 2.20. The molecule has 3 aromatic carbocycles. The zero-order valence-corrected chi connectivity index (χ0v) is 21.1. The molecular weight excluding hydrogens is 478 g/mol. The van der Waals surface area contributed by atoms with Gasteiger partial charge in [-0.1, -0.05) is 29.8 Å². The fraction of sp³-hybridized carbons (Fsp3) is 0.161. The van der Waals surface area contributed by atoms with Crippen LogP contribution in [-0.4, -0.2) is 40.7 Å². The normalized spacial score (nSPS) is 12.3. The second-order valence-corrected chi connectivity index (χ2v) is 9.51. The summed E-state index contributed by atoms with van der Waals surface area (Å²) in [6.07, 6.45) is 2.40. The Morgan fingerprint density at radius 3 is 2.79 bits per heavy atom. The number of aromatic amines is 1. The number of hydrogen-bond donors (Lipinski definition) is 3. The second-order valence-electron chi connectivity index (χ2n) is 9.51. The minimum absolute atomic E-state index is 0.201. The van der Waals surface area contributed by atoms with Crippen molar-refractivity contribution >= 4 is 38.7 Å². The molecular formula is C31H27N3O4. The number of rotatable bonds is 7. The van der Waals surface area contributed by atoms with E-state index in [1.54, 1.807) is 19.2 Å². The molecule has 7 nitrogen and oxygen atoms in total. The van der Waals surface area contributed by atoms with Gasteiger partial charge in [0, 0.05) is 27.9 Å². The molecule has 3 heterocycles. The van der Waals surface area contributed by atoms with Gasteiger partial charge in [-0.2, -0.15) is 0 Å². The van der Waals surface area contributed by atoms with Crippen LogP contribution in [0.2, 0.25) is 0 Å². The van der Waals surface area contributed by atoms with Gasteiger partial charge < -0.3 is 24.6 Å². The van der Waals surface area contributed by atoms with Crippen molar-refractivity contribution in [3.8, 4) is 17.2 Å². The summed E-state index contributed by atoms with van der Waals surface area (Å²) in [7, 11) is 1.59. The van der Waals surface area contributed by atoms with Crippen LogP contribution in [0, 0.1) is 6.92 Å². The van der Waals surface area contributed by atoms with E-state index >= 15 is 0 Å². The quantitative estimate of drug-likeness (QED) is 0.255. The van der Waals surface area contributed by atoms with Crippen molar-refractivity contribution < 1.29 is 19.1 Å². The van der Waals surface area contributed by atoms with Crippen LogP contribution in [0.4, 0.5) is 0 Å². The van der Waals surface area contributed by atoms with Crippen LogP contribution < -0.4 is 10.1 Å². The molecule has 1 atom stereocenters. The Bertz CT molecular complexity index is 1800. The first-order valence-electron chi connectivity index (χ1n) is 12.5. The van der Waals surface area contributed by atoms with Gasteiger partial charge in [0.2, 0.25) is 0 Å². The molecule has 3 N–H and O–H groups in total. The van der Waals surface area contributed by atoms with Crippen molar-refractivity contribution in [1.82, 2.24) is 15.3 Å². The van der Waals surface area contributed by atoms with Gasteiger partial charge in [-0.25, -0.2) is 4.98 Å².